The third kappa shape index (κ3) is 2.55. The van der Waals surface area contributed by atoms with Crippen LogP contribution in [-0.4, -0.2) is 43.3 Å². The van der Waals surface area contributed by atoms with Crippen LogP contribution in [-0.2, 0) is 6.54 Å². The summed E-state index contributed by atoms with van der Waals surface area (Å²) in [6, 6.07) is 5.70. The molecular formula is C15H22N2O2. The molecule has 1 unspecified atom stereocenters. The van der Waals surface area contributed by atoms with E-state index in [-0.39, 0.29) is 5.75 Å². The summed E-state index contributed by atoms with van der Waals surface area (Å²) >= 11 is 0. The van der Waals surface area contributed by atoms with Gasteiger partial charge in [0.15, 0.2) is 11.5 Å². The van der Waals surface area contributed by atoms with Crippen molar-refractivity contribution in [2.75, 3.05) is 33.3 Å². The fourth-order valence-electron chi connectivity index (χ4n) is 3.40. The molecule has 3 rings (SSSR count). The fourth-order valence-corrected chi connectivity index (χ4v) is 3.40. The highest BCUT2D eigenvalue weighted by Crippen LogP contribution is 2.37. The summed E-state index contributed by atoms with van der Waals surface area (Å²) in [5.74, 6) is 0.776. The van der Waals surface area contributed by atoms with Gasteiger partial charge in [0.1, 0.15) is 0 Å². The van der Waals surface area contributed by atoms with Crippen LogP contribution in [0.25, 0.3) is 0 Å². The van der Waals surface area contributed by atoms with E-state index in [0.29, 0.717) is 11.2 Å². The van der Waals surface area contributed by atoms with Crippen LogP contribution in [0.1, 0.15) is 18.4 Å². The Hall–Kier alpha value is -1.26. The van der Waals surface area contributed by atoms with E-state index in [2.05, 4.69) is 10.2 Å². The Labute approximate surface area is 114 Å². The highest BCUT2D eigenvalue weighted by Gasteiger charge is 2.39. The Balaban J connectivity index is 1.64. The summed E-state index contributed by atoms with van der Waals surface area (Å²) in [6.07, 6.45) is 2.60. The molecule has 2 aliphatic rings. The zero-order valence-electron chi connectivity index (χ0n) is 11.5. The number of nitrogens with one attached hydrogen (secondary N) is 1. The van der Waals surface area contributed by atoms with Gasteiger partial charge in [-0.25, -0.2) is 0 Å². The number of ether oxygens (including phenoxy) is 1. The standard InChI is InChI=1S/C15H22N2O2/c1-19-14-3-2-12(8-13(14)18)9-17-7-5-15(11-17)4-6-16-10-15/h2-3,8,16,18H,4-7,9-11H2,1H3. The number of phenolic OH excluding ortho intramolecular Hbond substituents is 1. The van der Waals surface area contributed by atoms with Crippen LogP contribution >= 0.6 is 0 Å². The molecule has 1 aromatic carbocycles. The Morgan fingerprint density at radius 2 is 2.32 bits per heavy atom. The molecule has 2 heterocycles. The van der Waals surface area contributed by atoms with Crippen LogP contribution in [0.4, 0.5) is 0 Å². The predicted molar refractivity (Wildman–Crippen MR) is 74.5 cm³/mol. The lowest BCUT2D eigenvalue weighted by molar-refractivity contribution is 0.268. The van der Waals surface area contributed by atoms with Gasteiger partial charge in [0.2, 0.25) is 0 Å². The topological polar surface area (TPSA) is 44.7 Å². The highest BCUT2D eigenvalue weighted by molar-refractivity contribution is 5.41. The molecule has 0 saturated carbocycles. The molecule has 0 aromatic heterocycles. The molecule has 1 aromatic rings. The first-order chi connectivity index (χ1) is 9.21. The van der Waals surface area contributed by atoms with Crippen molar-refractivity contribution in [1.29, 1.82) is 0 Å². The van der Waals surface area contributed by atoms with Crippen LogP contribution < -0.4 is 10.1 Å². The maximum Gasteiger partial charge on any atom is 0.160 e. The van der Waals surface area contributed by atoms with Crippen LogP contribution in [0.2, 0.25) is 0 Å². The Bertz CT molecular complexity index is 455. The molecule has 2 N–H and O–H groups in total. The zero-order chi connectivity index (χ0) is 13.3. The Kier molecular flexibility index (Phi) is 3.37. The minimum atomic E-state index is 0.233. The second-order valence-corrected chi connectivity index (χ2v) is 5.89. The van der Waals surface area contributed by atoms with E-state index in [1.807, 2.05) is 18.2 Å². The maximum absolute atomic E-state index is 9.82. The van der Waals surface area contributed by atoms with Gasteiger partial charge in [-0.3, -0.25) is 4.90 Å². The number of likely N-dealkylation sites (tertiary alicyclic amines) is 1. The number of hydrogen-bond donors (Lipinski definition) is 2. The lowest BCUT2D eigenvalue weighted by Crippen LogP contribution is -2.28. The van der Waals surface area contributed by atoms with E-state index in [4.69, 9.17) is 4.74 Å². The molecule has 2 fully saturated rings. The summed E-state index contributed by atoms with van der Waals surface area (Å²) in [6.45, 7) is 5.58. The average molecular weight is 262 g/mol. The minimum Gasteiger partial charge on any atom is -0.504 e. The molecular weight excluding hydrogens is 240 g/mol. The molecule has 4 nitrogen and oxygen atoms in total. The monoisotopic (exact) mass is 262 g/mol. The van der Waals surface area contributed by atoms with Gasteiger partial charge in [-0.2, -0.15) is 0 Å². The quantitative estimate of drug-likeness (QED) is 0.868. The van der Waals surface area contributed by atoms with Gasteiger partial charge in [0, 0.05) is 19.6 Å². The lowest BCUT2D eigenvalue weighted by Gasteiger charge is -2.23. The number of nitrogens with zero attached hydrogens (tertiary/aromatic N) is 1. The second kappa shape index (κ2) is 5.02. The van der Waals surface area contributed by atoms with Crippen LogP contribution in [0.15, 0.2) is 18.2 Å². The van der Waals surface area contributed by atoms with Gasteiger partial charge < -0.3 is 15.2 Å². The molecule has 2 aliphatic heterocycles. The molecule has 0 radical (unpaired) electrons. The number of aromatic hydroxyl groups is 1. The lowest BCUT2D eigenvalue weighted by atomic mass is 9.86. The molecule has 4 heteroatoms. The van der Waals surface area contributed by atoms with Crippen molar-refractivity contribution in [2.24, 2.45) is 5.41 Å². The first-order valence-corrected chi connectivity index (χ1v) is 7.00. The van der Waals surface area contributed by atoms with Gasteiger partial charge in [0.05, 0.1) is 7.11 Å². The largest absolute Gasteiger partial charge is 0.504 e. The molecule has 1 spiro atoms. The number of phenols is 1. The average Bonchev–Trinajstić information content (AvgIpc) is 3.01. The molecule has 0 bridgehead atoms. The predicted octanol–water partition coefficient (Wildman–Crippen LogP) is 1.59. The van der Waals surface area contributed by atoms with Crippen molar-refractivity contribution >= 4 is 0 Å². The van der Waals surface area contributed by atoms with E-state index in [0.717, 1.165) is 31.7 Å². The number of benzene rings is 1. The van der Waals surface area contributed by atoms with Gasteiger partial charge in [-0.05, 0) is 49.0 Å². The van der Waals surface area contributed by atoms with Crippen LogP contribution in [0.5, 0.6) is 11.5 Å². The SMILES string of the molecule is COc1ccc(CN2CCC3(CCNC3)C2)cc1O. The first-order valence-electron chi connectivity index (χ1n) is 7.00. The van der Waals surface area contributed by atoms with E-state index in [1.54, 1.807) is 7.11 Å². The summed E-state index contributed by atoms with van der Waals surface area (Å²) < 4.78 is 5.07. The maximum atomic E-state index is 9.82. The number of hydrogen-bond acceptors (Lipinski definition) is 4. The summed E-state index contributed by atoms with van der Waals surface area (Å²) in [5, 5.41) is 13.3. The molecule has 19 heavy (non-hydrogen) atoms. The molecule has 104 valence electrons. The van der Waals surface area contributed by atoms with E-state index >= 15 is 0 Å². The fraction of sp³-hybridized carbons (Fsp3) is 0.600. The van der Waals surface area contributed by atoms with Crippen molar-refractivity contribution in [3.8, 4) is 11.5 Å². The zero-order valence-corrected chi connectivity index (χ0v) is 11.5. The van der Waals surface area contributed by atoms with Gasteiger partial charge in [-0.15, -0.1) is 0 Å². The van der Waals surface area contributed by atoms with Crippen LogP contribution in [0.3, 0.4) is 0 Å². The Morgan fingerprint density at radius 1 is 1.42 bits per heavy atom. The second-order valence-electron chi connectivity index (χ2n) is 5.89. The summed E-state index contributed by atoms with van der Waals surface area (Å²) in [7, 11) is 1.58. The molecule has 1 atom stereocenters. The number of rotatable bonds is 3. The van der Waals surface area contributed by atoms with Gasteiger partial charge in [-0.1, -0.05) is 6.07 Å². The van der Waals surface area contributed by atoms with Crippen molar-refractivity contribution < 1.29 is 9.84 Å². The Morgan fingerprint density at radius 3 is 3.00 bits per heavy atom. The number of methoxy groups -OCH3 is 1. The highest BCUT2D eigenvalue weighted by atomic mass is 16.5. The molecule has 0 aliphatic carbocycles. The van der Waals surface area contributed by atoms with Crippen molar-refractivity contribution in [1.82, 2.24) is 10.2 Å². The van der Waals surface area contributed by atoms with E-state index in [9.17, 15) is 5.11 Å². The first kappa shape index (κ1) is 12.8. The van der Waals surface area contributed by atoms with Crippen LogP contribution in [0, 0.1) is 5.41 Å². The minimum absolute atomic E-state index is 0.233. The van der Waals surface area contributed by atoms with Crippen molar-refractivity contribution in [3.05, 3.63) is 23.8 Å². The third-order valence-electron chi connectivity index (χ3n) is 4.50. The summed E-state index contributed by atoms with van der Waals surface area (Å²) in [4.78, 5) is 2.49. The normalized spacial score (nSPS) is 27.2. The van der Waals surface area contributed by atoms with E-state index in [1.165, 1.54) is 19.4 Å². The van der Waals surface area contributed by atoms with E-state index < -0.39 is 0 Å². The van der Waals surface area contributed by atoms with Gasteiger partial charge >= 0.3 is 0 Å². The van der Waals surface area contributed by atoms with Crippen molar-refractivity contribution in [3.63, 3.8) is 0 Å². The smallest absolute Gasteiger partial charge is 0.160 e. The third-order valence-corrected chi connectivity index (χ3v) is 4.50. The molecule has 0 amide bonds. The van der Waals surface area contributed by atoms with Crippen molar-refractivity contribution in [2.45, 2.75) is 19.4 Å². The van der Waals surface area contributed by atoms with Gasteiger partial charge in [0.25, 0.3) is 0 Å². The molecule has 2 saturated heterocycles. The summed E-state index contributed by atoms with van der Waals surface area (Å²) in [5.41, 5.74) is 1.66.